The van der Waals surface area contributed by atoms with Gasteiger partial charge in [-0.05, 0) is 42.3 Å². The first-order valence-electron chi connectivity index (χ1n) is 8.00. The highest BCUT2D eigenvalue weighted by atomic mass is 32.1. The lowest BCUT2D eigenvalue weighted by molar-refractivity contribution is 0.0957. The monoisotopic (exact) mass is 343 g/mol. The molecule has 0 unspecified atom stereocenters. The van der Waals surface area contributed by atoms with Gasteiger partial charge in [-0.25, -0.2) is 4.79 Å². The van der Waals surface area contributed by atoms with Crippen molar-refractivity contribution >= 4 is 23.3 Å². The van der Waals surface area contributed by atoms with Gasteiger partial charge in [-0.3, -0.25) is 4.79 Å². The van der Waals surface area contributed by atoms with Gasteiger partial charge in [-0.15, -0.1) is 11.3 Å². The van der Waals surface area contributed by atoms with Crippen molar-refractivity contribution < 1.29 is 9.59 Å². The molecule has 3 rings (SSSR count). The van der Waals surface area contributed by atoms with E-state index in [1.807, 2.05) is 23.6 Å². The van der Waals surface area contributed by atoms with Crippen LogP contribution in [-0.2, 0) is 12.8 Å². The van der Waals surface area contributed by atoms with Gasteiger partial charge in [-0.1, -0.05) is 30.3 Å². The Bertz CT molecular complexity index is 703. The van der Waals surface area contributed by atoms with Gasteiger partial charge in [0.05, 0.1) is 4.88 Å². The average Bonchev–Trinajstić information content (AvgIpc) is 3.17. The van der Waals surface area contributed by atoms with Gasteiger partial charge in [0.1, 0.15) is 0 Å². The fourth-order valence-corrected chi connectivity index (χ4v) is 3.70. The number of hydrogen-bond acceptors (Lipinski definition) is 3. The summed E-state index contributed by atoms with van der Waals surface area (Å²) >= 11 is 1.40. The standard InChI is InChI=1S/C18H21N3O2S/c1-18(11-13-5-2-3-6-14(13)12-18)21-17(23)20-9-8-19-16(22)15-7-4-10-24-15/h2-7,10H,8-9,11-12H2,1H3,(H,19,22)(H2,20,21,23). The van der Waals surface area contributed by atoms with Crippen molar-refractivity contribution in [2.24, 2.45) is 0 Å². The number of rotatable bonds is 5. The number of thiophene rings is 1. The van der Waals surface area contributed by atoms with Crippen LogP contribution in [0.15, 0.2) is 41.8 Å². The van der Waals surface area contributed by atoms with E-state index in [1.165, 1.54) is 22.5 Å². The van der Waals surface area contributed by atoms with Crippen molar-refractivity contribution in [2.45, 2.75) is 25.3 Å². The van der Waals surface area contributed by atoms with Gasteiger partial charge in [0, 0.05) is 18.6 Å². The number of fused-ring (bicyclic) bond motifs is 1. The van der Waals surface area contributed by atoms with Crippen LogP contribution in [0.5, 0.6) is 0 Å². The van der Waals surface area contributed by atoms with Gasteiger partial charge in [0.15, 0.2) is 0 Å². The summed E-state index contributed by atoms with van der Waals surface area (Å²) in [6.07, 6.45) is 1.68. The first-order valence-corrected chi connectivity index (χ1v) is 8.88. The first-order chi connectivity index (χ1) is 11.6. The fourth-order valence-electron chi connectivity index (χ4n) is 3.06. The Balaban J connectivity index is 1.40. The molecular weight excluding hydrogens is 322 g/mol. The molecule has 0 radical (unpaired) electrons. The molecule has 0 atom stereocenters. The van der Waals surface area contributed by atoms with E-state index in [9.17, 15) is 9.59 Å². The topological polar surface area (TPSA) is 70.2 Å². The molecule has 24 heavy (non-hydrogen) atoms. The second-order valence-corrected chi connectivity index (χ2v) is 7.24. The smallest absolute Gasteiger partial charge is 0.315 e. The number of nitrogens with one attached hydrogen (secondary N) is 3. The lowest BCUT2D eigenvalue weighted by Crippen LogP contribution is -2.51. The third-order valence-electron chi connectivity index (χ3n) is 4.14. The maximum atomic E-state index is 12.1. The van der Waals surface area contributed by atoms with E-state index in [2.05, 4.69) is 35.0 Å². The third-order valence-corrected chi connectivity index (χ3v) is 5.00. The van der Waals surface area contributed by atoms with E-state index in [1.54, 1.807) is 6.07 Å². The minimum Gasteiger partial charge on any atom is -0.350 e. The Kier molecular flexibility index (Phi) is 4.85. The highest BCUT2D eigenvalue weighted by Gasteiger charge is 2.33. The first kappa shape index (κ1) is 16.5. The minimum atomic E-state index is -0.256. The normalized spacial score (nSPS) is 14.7. The lowest BCUT2D eigenvalue weighted by Gasteiger charge is -2.25. The van der Waals surface area contributed by atoms with Crippen LogP contribution in [0.2, 0.25) is 0 Å². The summed E-state index contributed by atoms with van der Waals surface area (Å²) in [7, 11) is 0. The van der Waals surface area contributed by atoms with Crippen LogP contribution in [0.25, 0.3) is 0 Å². The molecule has 0 aliphatic heterocycles. The predicted octanol–water partition coefficient (Wildman–Crippen LogP) is 2.33. The second-order valence-electron chi connectivity index (χ2n) is 6.30. The second kappa shape index (κ2) is 7.05. The molecule has 6 heteroatoms. The molecule has 126 valence electrons. The Hall–Kier alpha value is -2.34. The molecule has 2 aromatic rings. The van der Waals surface area contributed by atoms with Gasteiger partial charge in [0.2, 0.25) is 0 Å². The molecule has 0 fully saturated rings. The lowest BCUT2D eigenvalue weighted by atomic mass is 9.99. The molecule has 0 bridgehead atoms. The molecule has 3 amide bonds. The predicted molar refractivity (Wildman–Crippen MR) is 95.4 cm³/mol. The third kappa shape index (κ3) is 3.94. The van der Waals surface area contributed by atoms with Gasteiger partial charge in [0.25, 0.3) is 5.91 Å². The van der Waals surface area contributed by atoms with E-state index in [-0.39, 0.29) is 17.5 Å². The minimum absolute atomic E-state index is 0.106. The van der Waals surface area contributed by atoms with Gasteiger partial charge >= 0.3 is 6.03 Å². The quantitative estimate of drug-likeness (QED) is 0.729. The summed E-state index contributed by atoms with van der Waals surface area (Å²) in [6.45, 7) is 2.86. The summed E-state index contributed by atoms with van der Waals surface area (Å²) in [5.41, 5.74) is 2.33. The van der Waals surface area contributed by atoms with Crippen LogP contribution < -0.4 is 16.0 Å². The zero-order valence-electron chi connectivity index (χ0n) is 13.6. The zero-order valence-corrected chi connectivity index (χ0v) is 14.4. The van der Waals surface area contributed by atoms with Gasteiger partial charge < -0.3 is 16.0 Å². The van der Waals surface area contributed by atoms with Crippen LogP contribution >= 0.6 is 11.3 Å². The largest absolute Gasteiger partial charge is 0.350 e. The van der Waals surface area contributed by atoms with Crippen molar-refractivity contribution in [1.82, 2.24) is 16.0 Å². The molecule has 1 aromatic heterocycles. The van der Waals surface area contributed by atoms with Crippen LogP contribution in [-0.4, -0.2) is 30.6 Å². The number of amides is 3. The summed E-state index contributed by atoms with van der Waals surface area (Å²) in [6, 6.07) is 11.7. The van der Waals surface area contributed by atoms with E-state index >= 15 is 0 Å². The van der Waals surface area contributed by atoms with Crippen molar-refractivity contribution in [3.63, 3.8) is 0 Å². The Labute approximate surface area is 145 Å². The summed E-state index contributed by atoms with van der Waals surface area (Å²) in [4.78, 5) is 24.5. The fraction of sp³-hybridized carbons (Fsp3) is 0.333. The van der Waals surface area contributed by atoms with E-state index in [0.717, 1.165) is 12.8 Å². The van der Waals surface area contributed by atoms with Crippen molar-refractivity contribution in [3.05, 3.63) is 57.8 Å². The molecule has 1 aliphatic rings. The van der Waals surface area contributed by atoms with Gasteiger partial charge in [-0.2, -0.15) is 0 Å². The van der Waals surface area contributed by atoms with E-state index in [4.69, 9.17) is 0 Å². The molecular formula is C18H21N3O2S. The SMILES string of the molecule is CC1(NC(=O)NCCNC(=O)c2cccs2)Cc2ccccc2C1. The number of hydrogen-bond donors (Lipinski definition) is 3. The molecule has 1 aromatic carbocycles. The maximum absolute atomic E-state index is 12.1. The molecule has 0 saturated heterocycles. The van der Waals surface area contributed by atoms with Crippen LogP contribution in [0.3, 0.4) is 0 Å². The summed E-state index contributed by atoms with van der Waals surface area (Å²) in [5.74, 6) is -0.106. The van der Waals surface area contributed by atoms with Crippen molar-refractivity contribution in [1.29, 1.82) is 0 Å². The molecule has 1 aliphatic carbocycles. The Morgan fingerprint density at radius 1 is 1.04 bits per heavy atom. The molecule has 0 spiro atoms. The molecule has 1 heterocycles. The Morgan fingerprint density at radius 3 is 2.33 bits per heavy atom. The number of benzene rings is 1. The summed E-state index contributed by atoms with van der Waals surface area (Å²) in [5, 5.41) is 10.5. The van der Waals surface area contributed by atoms with E-state index in [0.29, 0.717) is 18.0 Å². The van der Waals surface area contributed by atoms with Crippen molar-refractivity contribution in [2.75, 3.05) is 13.1 Å². The molecule has 5 nitrogen and oxygen atoms in total. The van der Waals surface area contributed by atoms with Crippen LogP contribution in [0, 0.1) is 0 Å². The molecule has 3 N–H and O–H groups in total. The zero-order chi connectivity index (χ0) is 17.0. The number of carbonyl (C=O) groups is 2. The number of urea groups is 1. The Morgan fingerprint density at radius 2 is 1.71 bits per heavy atom. The summed E-state index contributed by atoms with van der Waals surface area (Å²) < 4.78 is 0. The highest BCUT2D eigenvalue weighted by Crippen LogP contribution is 2.29. The van der Waals surface area contributed by atoms with Crippen LogP contribution in [0.1, 0.15) is 27.7 Å². The van der Waals surface area contributed by atoms with Crippen LogP contribution in [0.4, 0.5) is 4.79 Å². The molecule has 0 saturated carbocycles. The number of carbonyl (C=O) groups excluding carboxylic acids is 2. The average molecular weight is 343 g/mol. The van der Waals surface area contributed by atoms with Crippen molar-refractivity contribution in [3.8, 4) is 0 Å². The maximum Gasteiger partial charge on any atom is 0.315 e. The van der Waals surface area contributed by atoms with E-state index < -0.39 is 0 Å². The highest BCUT2D eigenvalue weighted by molar-refractivity contribution is 7.12.